The fraction of sp³-hybridized carbons (Fsp3) is 0.158. The molecule has 2 aromatic carbocycles. The zero-order valence-electron chi connectivity index (χ0n) is 12.8. The van der Waals surface area contributed by atoms with Crippen molar-refractivity contribution in [3.8, 4) is 0 Å². The summed E-state index contributed by atoms with van der Waals surface area (Å²) in [4.78, 5) is 24.3. The normalized spacial score (nSPS) is 11.6. The van der Waals surface area contributed by atoms with Crippen LogP contribution >= 0.6 is 0 Å². The maximum atomic E-state index is 14.6. The summed E-state index contributed by atoms with van der Waals surface area (Å²) < 4.78 is 19.5. The van der Waals surface area contributed by atoms with Crippen molar-refractivity contribution in [2.75, 3.05) is 6.61 Å². The quantitative estimate of drug-likeness (QED) is 0.461. The maximum absolute atomic E-state index is 14.6. The zero-order chi connectivity index (χ0) is 16.7. The van der Waals surface area contributed by atoms with Gasteiger partial charge in [0.2, 0.25) is 5.78 Å². The highest BCUT2D eigenvalue weighted by molar-refractivity contribution is 6.11. The molecule has 0 spiro atoms. The third-order valence-electron chi connectivity index (χ3n) is 3.25. The largest absolute Gasteiger partial charge is 0.463 e. The van der Waals surface area contributed by atoms with Crippen LogP contribution in [0.2, 0.25) is 0 Å². The van der Waals surface area contributed by atoms with Crippen LogP contribution in [-0.4, -0.2) is 18.4 Å². The molecule has 0 saturated carbocycles. The van der Waals surface area contributed by atoms with Gasteiger partial charge >= 0.3 is 5.97 Å². The lowest BCUT2D eigenvalue weighted by Gasteiger charge is -2.09. The minimum absolute atomic E-state index is 0.00405. The number of ether oxygens (including phenoxy) is 1. The van der Waals surface area contributed by atoms with Gasteiger partial charge in [-0.2, -0.15) is 0 Å². The average molecular weight is 312 g/mol. The summed E-state index contributed by atoms with van der Waals surface area (Å²) in [6, 6.07) is 16.9. The number of rotatable bonds is 6. The Labute approximate surface area is 134 Å². The number of carbonyl (C=O) groups is 2. The molecular weight excluding hydrogens is 295 g/mol. The Bertz CT molecular complexity index is 706. The molecule has 2 rings (SSSR count). The fourth-order valence-corrected chi connectivity index (χ4v) is 2.11. The molecule has 0 aliphatic carbocycles. The van der Waals surface area contributed by atoms with Gasteiger partial charge < -0.3 is 4.74 Å². The van der Waals surface area contributed by atoms with Gasteiger partial charge in [-0.15, -0.1) is 0 Å². The Morgan fingerprint density at radius 2 is 1.52 bits per heavy atom. The van der Waals surface area contributed by atoms with Crippen LogP contribution in [0, 0.1) is 0 Å². The first kappa shape index (κ1) is 16.6. The first-order valence-corrected chi connectivity index (χ1v) is 7.33. The molecule has 0 N–H and O–H groups in total. The van der Waals surface area contributed by atoms with Crippen molar-refractivity contribution in [1.29, 1.82) is 0 Å². The van der Waals surface area contributed by atoms with Gasteiger partial charge in [-0.25, -0.2) is 9.18 Å². The fourth-order valence-electron chi connectivity index (χ4n) is 2.11. The maximum Gasteiger partial charge on any atom is 0.337 e. The zero-order valence-corrected chi connectivity index (χ0v) is 12.8. The van der Waals surface area contributed by atoms with E-state index in [0.29, 0.717) is 0 Å². The smallest absolute Gasteiger partial charge is 0.337 e. The van der Waals surface area contributed by atoms with E-state index < -0.39 is 17.6 Å². The van der Waals surface area contributed by atoms with Gasteiger partial charge in [-0.3, -0.25) is 4.79 Å². The second-order valence-electron chi connectivity index (χ2n) is 4.87. The second kappa shape index (κ2) is 8.03. The van der Waals surface area contributed by atoms with Crippen LogP contribution in [0.3, 0.4) is 0 Å². The summed E-state index contributed by atoms with van der Waals surface area (Å²) in [5.74, 6) is -2.69. The average Bonchev–Trinajstić information content (AvgIpc) is 2.60. The molecule has 0 aromatic heterocycles. The van der Waals surface area contributed by atoms with Crippen LogP contribution in [0.15, 0.2) is 72.1 Å². The molecule has 0 fully saturated rings. The molecule has 3 nitrogen and oxygen atoms in total. The molecule has 0 heterocycles. The number of ketones is 1. The van der Waals surface area contributed by atoms with Crippen molar-refractivity contribution in [3.05, 3.63) is 83.2 Å². The highest BCUT2D eigenvalue weighted by atomic mass is 19.1. The number of halogens is 1. The van der Waals surface area contributed by atoms with E-state index in [-0.39, 0.29) is 24.2 Å². The van der Waals surface area contributed by atoms with Crippen molar-refractivity contribution in [2.45, 2.75) is 13.3 Å². The molecule has 23 heavy (non-hydrogen) atoms. The summed E-state index contributed by atoms with van der Waals surface area (Å²) >= 11 is 0. The lowest BCUT2D eigenvalue weighted by atomic mass is 10.0. The lowest BCUT2D eigenvalue weighted by Crippen LogP contribution is -2.15. The Hall–Kier alpha value is -2.75. The van der Waals surface area contributed by atoms with E-state index in [0.717, 1.165) is 5.56 Å². The Morgan fingerprint density at radius 1 is 0.957 bits per heavy atom. The van der Waals surface area contributed by atoms with Crippen LogP contribution in [-0.2, 0) is 16.0 Å². The highest BCUT2D eigenvalue weighted by Crippen LogP contribution is 2.19. The highest BCUT2D eigenvalue weighted by Gasteiger charge is 2.23. The molecule has 0 unspecified atom stereocenters. The minimum Gasteiger partial charge on any atom is -0.463 e. The molecule has 0 aliphatic heterocycles. The number of esters is 1. The molecule has 0 bridgehead atoms. The van der Waals surface area contributed by atoms with E-state index in [1.54, 1.807) is 49.4 Å². The first-order chi connectivity index (χ1) is 11.1. The molecule has 4 heteroatoms. The molecule has 0 atom stereocenters. The number of benzene rings is 2. The topological polar surface area (TPSA) is 43.4 Å². The van der Waals surface area contributed by atoms with Gasteiger partial charge in [-0.1, -0.05) is 60.7 Å². The van der Waals surface area contributed by atoms with Gasteiger partial charge in [0.15, 0.2) is 5.83 Å². The second-order valence-corrected chi connectivity index (χ2v) is 4.87. The molecule has 0 saturated heterocycles. The van der Waals surface area contributed by atoms with Crippen LogP contribution < -0.4 is 0 Å². The first-order valence-electron chi connectivity index (χ1n) is 7.33. The predicted octanol–water partition coefficient (Wildman–Crippen LogP) is 3.90. The SMILES string of the molecule is CCOC(=O)/C(Cc1ccccc1)=C(/F)C(=O)c1ccccc1. The summed E-state index contributed by atoms with van der Waals surface area (Å²) in [6.45, 7) is 1.75. The molecule has 0 radical (unpaired) electrons. The van der Waals surface area contributed by atoms with Gasteiger partial charge in [0.25, 0.3) is 0 Å². The van der Waals surface area contributed by atoms with E-state index in [4.69, 9.17) is 4.74 Å². The monoisotopic (exact) mass is 312 g/mol. The Morgan fingerprint density at radius 3 is 2.09 bits per heavy atom. The number of hydrogen-bond acceptors (Lipinski definition) is 3. The third kappa shape index (κ3) is 4.36. The van der Waals surface area contributed by atoms with Gasteiger partial charge in [-0.05, 0) is 12.5 Å². The molecule has 0 aliphatic rings. The van der Waals surface area contributed by atoms with Crippen LogP contribution in [0.4, 0.5) is 4.39 Å². The van der Waals surface area contributed by atoms with Crippen molar-refractivity contribution < 1.29 is 18.7 Å². The van der Waals surface area contributed by atoms with Crippen LogP contribution in [0.5, 0.6) is 0 Å². The summed E-state index contributed by atoms with van der Waals surface area (Å²) in [7, 11) is 0. The molecule has 118 valence electrons. The van der Waals surface area contributed by atoms with E-state index in [1.807, 2.05) is 6.07 Å². The van der Waals surface area contributed by atoms with E-state index in [1.165, 1.54) is 12.1 Å². The molecule has 0 amide bonds. The van der Waals surface area contributed by atoms with E-state index >= 15 is 0 Å². The summed E-state index contributed by atoms with van der Waals surface area (Å²) in [5.41, 5.74) is 0.665. The van der Waals surface area contributed by atoms with Crippen molar-refractivity contribution >= 4 is 11.8 Å². The number of hydrogen-bond donors (Lipinski definition) is 0. The van der Waals surface area contributed by atoms with E-state index in [9.17, 15) is 14.0 Å². The van der Waals surface area contributed by atoms with Crippen molar-refractivity contribution in [2.24, 2.45) is 0 Å². The number of carbonyl (C=O) groups excluding carboxylic acids is 2. The van der Waals surface area contributed by atoms with Gasteiger partial charge in [0.05, 0.1) is 12.2 Å². The van der Waals surface area contributed by atoms with Crippen LogP contribution in [0.25, 0.3) is 0 Å². The van der Waals surface area contributed by atoms with Gasteiger partial charge in [0.1, 0.15) is 0 Å². The van der Waals surface area contributed by atoms with Gasteiger partial charge in [0, 0.05) is 12.0 Å². The summed E-state index contributed by atoms with van der Waals surface area (Å²) in [5, 5.41) is 0. The predicted molar refractivity (Wildman–Crippen MR) is 85.7 cm³/mol. The van der Waals surface area contributed by atoms with Crippen LogP contribution in [0.1, 0.15) is 22.8 Å². The summed E-state index contributed by atoms with van der Waals surface area (Å²) in [6.07, 6.45) is 0.00405. The van der Waals surface area contributed by atoms with Crippen molar-refractivity contribution in [1.82, 2.24) is 0 Å². The Balaban J connectivity index is 2.38. The standard InChI is InChI=1S/C19H17FO3/c1-2-23-19(22)16(13-14-9-5-3-6-10-14)17(20)18(21)15-11-7-4-8-12-15/h3-12H,2,13H2,1H3/b17-16+. The van der Waals surface area contributed by atoms with Crippen molar-refractivity contribution in [3.63, 3.8) is 0 Å². The lowest BCUT2D eigenvalue weighted by molar-refractivity contribution is -0.138. The molecular formula is C19H17FO3. The number of allylic oxidation sites excluding steroid dienone is 1. The Kier molecular flexibility index (Phi) is 5.80. The molecule has 2 aromatic rings. The van der Waals surface area contributed by atoms with E-state index in [2.05, 4.69) is 0 Å². The number of Topliss-reactive ketones (excluding diaryl/α,β-unsaturated/α-hetero) is 1. The third-order valence-corrected chi connectivity index (χ3v) is 3.25. The minimum atomic E-state index is -1.07.